The number of nitrogens with one attached hydrogen (secondary N) is 1. The van der Waals surface area contributed by atoms with Crippen molar-refractivity contribution < 1.29 is 4.92 Å². The minimum absolute atomic E-state index is 0.122. The molecular formula is C11H8Cl2N4O2. The quantitative estimate of drug-likeness (QED) is 0.694. The van der Waals surface area contributed by atoms with Gasteiger partial charge in [0.05, 0.1) is 15.0 Å². The van der Waals surface area contributed by atoms with Crippen LogP contribution in [-0.4, -0.2) is 21.9 Å². The van der Waals surface area contributed by atoms with Crippen LogP contribution in [0.25, 0.3) is 11.3 Å². The molecule has 0 radical (unpaired) electrons. The molecule has 98 valence electrons. The first-order valence-corrected chi connectivity index (χ1v) is 5.93. The summed E-state index contributed by atoms with van der Waals surface area (Å²) in [5, 5.41) is 14.3. The van der Waals surface area contributed by atoms with Gasteiger partial charge in [0.2, 0.25) is 5.95 Å². The topological polar surface area (TPSA) is 81.0 Å². The Hall–Kier alpha value is -1.92. The van der Waals surface area contributed by atoms with Crippen LogP contribution in [0.5, 0.6) is 0 Å². The number of hydrogen-bond donors (Lipinski definition) is 1. The van der Waals surface area contributed by atoms with Gasteiger partial charge in [-0.3, -0.25) is 10.1 Å². The third kappa shape index (κ3) is 2.59. The van der Waals surface area contributed by atoms with Crippen LogP contribution in [0.4, 0.5) is 11.6 Å². The van der Waals surface area contributed by atoms with Crippen molar-refractivity contribution in [3.63, 3.8) is 0 Å². The smallest absolute Gasteiger partial charge is 0.313 e. The molecule has 0 saturated heterocycles. The van der Waals surface area contributed by atoms with E-state index in [4.69, 9.17) is 23.2 Å². The van der Waals surface area contributed by atoms with Gasteiger partial charge in [-0.1, -0.05) is 35.3 Å². The summed E-state index contributed by atoms with van der Waals surface area (Å²) >= 11 is 12.0. The lowest BCUT2D eigenvalue weighted by Gasteiger charge is -2.07. The standard InChI is InChI=1S/C11H8Cl2N4O2/c1-14-11-15-5-8(17(18)19)10(16-11)6-3-2-4-7(12)9(6)13/h2-5H,1H3,(H,14,15,16). The SMILES string of the molecule is CNc1ncc([N+](=O)[O-])c(-c2cccc(Cl)c2Cl)n1. The summed E-state index contributed by atoms with van der Waals surface area (Å²) in [5.41, 5.74) is 0.278. The number of nitrogens with zero attached hydrogens (tertiary/aromatic N) is 3. The van der Waals surface area contributed by atoms with E-state index in [1.165, 1.54) is 0 Å². The van der Waals surface area contributed by atoms with Crippen molar-refractivity contribution in [3.05, 3.63) is 44.6 Å². The minimum atomic E-state index is -0.563. The van der Waals surface area contributed by atoms with E-state index in [-0.39, 0.29) is 22.4 Å². The second-order valence-corrected chi connectivity index (χ2v) is 4.32. The van der Waals surface area contributed by atoms with Crippen LogP contribution in [-0.2, 0) is 0 Å². The van der Waals surface area contributed by atoms with Crippen LogP contribution < -0.4 is 5.32 Å². The highest BCUT2D eigenvalue weighted by Gasteiger charge is 2.21. The van der Waals surface area contributed by atoms with E-state index in [1.807, 2.05) is 0 Å². The highest BCUT2D eigenvalue weighted by atomic mass is 35.5. The molecule has 0 amide bonds. The summed E-state index contributed by atoms with van der Waals surface area (Å²) in [5.74, 6) is 0.261. The van der Waals surface area contributed by atoms with E-state index in [1.54, 1.807) is 25.2 Å². The molecule has 19 heavy (non-hydrogen) atoms. The van der Waals surface area contributed by atoms with Gasteiger partial charge >= 0.3 is 5.69 Å². The first-order valence-electron chi connectivity index (χ1n) is 5.18. The van der Waals surface area contributed by atoms with Crippen LogP contribution in [0.2, 0.25) is 10.0 Å². The van der Waals surface area contributed by atoms with Crippen molar-refractivity contribution in [2.75, 3.05) is 12.4 Å². The van der Waals surface area contributed by atoms with E-state index < -0.39 is 4.92 Å². The van der Waals surface area contributed by atoms with Gasteiger partial charge in [0, 0.05) is 12.6 Å². The third-order valence-electron chi connectivity index (χ3n) is 2.40. The Kier molecular flexibility index (Phi) is 3.82. The van der Waals surface area contributed by atoms with Crippen molar-refractivity contribution in [2.24, 2.45) is 0 Å². The van der Waals surface area contributed by atoms with Gasteiger partial charge < -0.3 is 5.32 Å². The highest BCUT2D eigenvalue weighted by Crippen LogP contribution is 2.36. The monoisotopic (exact) mass is 298 g/mol. The zero-order chi connectivity index (χ0) is 14.0. The Morgan fingerprint density at radius 3 is 2.74 bits per heavy atom. The van der Waals surface area contributed by atoms with Gasteiger partial charge in [-0.2, -0.15) is 0 Å². The Morgan fingerprint density at radius 2 is 2.11 bits per heavy atom. The van der Waals surface area contributed by atoms with Crippen LogP contribution >= 0.6 is 23.2 Å². The van der Waals surface area contributed by atoms with E-state index in [0.29, 0.717) is 10.6 Å². The van der Waals surface area contributed by atoms with Crippen LogP contribution in [0.3, 0.4) is 0 Å². The molecule has 1 aromatic heterocycles. The van der Waals surface area contributed by atoms with Crippen molar-refractivity contribution in [2.45, 2.75) is 0 Å². The van der Waals surface area contributed by atoms with Gasteiger partial charge in [0.15, 0.2) is 5.69 Å². The Morgan fingerprint density at radius 1 is 1.37 bits per heavy atom. The lowest BCUT2D eigenvalue weighted by molar-refractivity contribution is -0.384. The van der Waals surface area contributed by atoms with Gasteiger partial charge in [-0.25, -0.2) is 9.97 Å². The van der Waals surface area contributed by atoms with Gasteiger partial charge in [-0.05, 0) is 6.07 Å². The normalized spacial score (nSPS) is 10.3. The summed E-state index contributed by atoms with van der Waals surface area (Å²) in [4.78, 5) is 18.4. The first-order chi connectivity index (χ1) is 9.04. The zero-order valence-corrected chi connectivity index (χ0v) is 11.2. The lowest BCUT2D eigenvalue weighted by atomic mass is 10.1. The maximum atomic E-state index is 11.0. The molecule has 0 atom stereocenters. The molecule has 1 N–H and O–H groups in total. The van der Waals surface area contributed by atoms with Crippen molar-refractivity contribution in [1.82, 2.24) is 9.97 Å². The number of hydrogen-bond acceptors (Lipinski definition) is 5. The molecule has 0 saturated carbocycles. The second kappa shape index (κ2) is 5.38. The zero-order valence-electron chi connectivity index (χ0n) is 9.72. The molecule has 0 spiro atoms. The average Bonchev–Trinajstić information content (AvgIpc) is 2.41. The molecule has 1 heterocycles. The summed E-state index contributed by atoms with van der Waals surface area (Å²) in [6.45, 7) is 0. The van der Waals surface area contributed by atoms with Crippen LogP contribution in [0.15, 0.2) is 24.4 Å². The van der Waals surface area contributed by atoms with Crippen molar-refractivity contribution in [1.29, 1.82) is 0 Å². The molecule has 2 aromatic rings. The molecule has 0 aliphatic heterocycles. The predicted octanol–water partition coefficient (Wildman–Crippen LogP) is 3.40. The number of rotatable bonds is 3. The predicted molar refractivity (Wildman–Crippen MR) is 73.7 cm³/mol. The van der Waals surface area contributed by atoms with Gasteiger partial charge in [-0.15, -0.1) is 0 Å². The summed E-state index contributed by atoms with van der Waals surface area (Å²) in [6, 6.07) is 4.86. The second-order valence-electron chi connectivity index (χ2n) is 3.54. The van der Waals surface area contributed by atoms with Gasteiger partial charge in [0.25, 0.3) is 0 Å². The molecule has 0 unspecified atom stereocenters. The Labute approximate surface area is 118 Å². The van der Waals surface area contributed by atoms with Crippen molar-refractivity contribution in [3.8, 4) is 11.3 Å². The molecule has 0 aliphatic carbocycles. The number of anilines is 1. The third-order valence-corrected chi connectivity index (χ3v) is 3.22. The molecular weight excluding hydrogens is 291 g/mol. The van der Waals surface area contributed by atoms with E-state index in [0.717, 1.165) is 6.20 Å². The van der Waals surface area contributed by atoms with E-state index in [9.17, 15) is 10.1 Å². The van der Waals surface area contributed by atoms with Crippen LogP contribution in [0.1, 0.15) is 0 Å². The minimum Gasteiger partial charge on any atom is -0.357 e. The van der Waals surface area contributed by atoms with Gasteiger partial charge in [0.1, 0.15) is 6.20 Å². The number of halogens is 2. The molecule has 8 heteroatoms. The summed E-state index contributed by atoms with van der Waals surface area (Å²) < 4.78 is 0. The number of benzene rings is 1. The fraction of sp³-hybridized carbons (Fsp3) is 0.0909. The van der Waals surface area contributed by atoms with E-state index in [2.05, 4.69) is 15.3 Å². The fourth-order valence-electron chi connectivity index (χ4n) is 1.51. The Balaban J connectivity index is 2.72. The molecule has 0 aliphatic rings. The summed E-state index contributed by atoms with van der Waals surface area (Å²) in [7, 11) is 1.62. The molecule has 0 fully saturated rings. The average molecular weight is 299 g/mol. The molecule has 0 bridgehead atoms. The highest BCUT2D eigenvalue weighted by molar-refractivity contribution is 6.43. The number of aromatic nitrogens is 2. The largest absolute Gasteiger partial charge is 0.357 e. The number of nitro groups is 1. The molecule has 1 aromatic carbocycles. The van der Waals surface area contributed by atoms with Crippen LogP contribution in [0, 0.1) is 10.1 Å². The lowest BCUT2D eigenvalue weighted by Crippen LogP contribution is -2.02. The maximum absolute atomic E-state index is 11.0. The maximum Gasteiger partial charge on any atom is 0.313 e. The first kappa shape index (κ1) is 13.5. The molecule has 2 rings (SSSR count). The van der Waals surface area contributed by atoms with E-state index >= 15 is 0 Å². The Bertz CT molecular complexity index is 649. The van der Waals surface area contributed by atoms with Crippen molar-refractivity contribution >= 4 is 34.8 Å². The molecule has 6 nitrogen and oxygen atoms in total. The fourth-order valence-corrected chi connectivity index (χ4v) is 1.90. The summed E-state index contributed by atoms with van der Waals surface area (Å²) in [6.07, 6.45) is 1.13.